The highest BCUT2D eigenvalue weighted by Crippen LogP contribution is 2.15. The minimum absolute atomic E-state index is 0.393. The van der Waals surface area contributed by atoms with Crippen molar-refractivity contribution in [3.63, 3.8) is 0 Å². The fourth-order valence-electron chi connectivity index (χ4n) is 2.06. The molecule has 0 aliphatic rings. The molecular weight excluding hydrogens is 258 g/mol. The third-order valence-corrected chi connectivity index (χ3v) is 3.23. The molecule has 0 spiro atoms. The third-order valence-electron chi connectivity index (χ3n) is 3.23. The van der Waals surface area contributed by atoms with Gasteiger partial charge in [0.15, 0.2) is 0 Å². The van der Waals surface area contributed by atoms with Gasteiger partial charge in [-0.15, -0.1) is 0 Å². The average Bonchev–Trinajstić information content (AvgIpc) is 2.53. The fourth-order valence-corrected chi connectivity index (χ4v) is 2.06. The van der Waals surface area contributed by atoms with Crippen molar-refractivity contribution in [2.75, 3.05) is 6.54 Å². The van der Waals surface area contributed by atoms with Crippen LogP contribution in [0.15, 0.2) is 60.7 Å². The summed E-state index contributed by atoms with van der Waals surface area (Å²) in [5, 5.41) is 3.35. The van der Waals surface area contributed by atoms with E-state index in [0.717, 1.165) is 12.3 Å². The van der Waals surface area contributed by atoms with Gasteiger partial charge in [0.25, 0.3) is 0 Å². The molecule has 0 heterocycles. The Morgan fingerprint density at radius 3 is 2.43 bits per heavy atom. The number of nitrogens with one attached hydrogen (secondary N) is 1. The number of hydrogen-bond acceptors (Lipinski definition) is 2. The first-order valence-electron chi connectivity index (χ1n) is 7.46. The highest BCUT2D eigenvalue weighted by Gasteiger charge is 1.96. The van der Waals surface area contributed by atoms with Gasteiger partial charge in [0.05, 0.1) is 0 Å². The van der Waals surface area contributed by atoms with Crippen molar-refractivity contribution in [1.29, 1.82) is 0 Å². The van der Waals surface area contributed by atoms with Crippen LogP contribution in [-0.2, 0) is 6.61 Å². The van der Waals surface area contributed by atoms with Crippen LogP contribution in [0.1, 0.15) is 25.0 Å². The molecule has 1 unspecified atom stereocenters. The molecule has 0 bridgehead atoms. The van der Waals surface area contributed by atoms with Crippen LogP contribution < -0.4 is 10.1 Å². The molecule has 0 amide bonds. The van der Waals surface area contributed by atoms with Gasteiger partial charge in [-0.25, -0.2) is 0 Å². The third kappa shape index (κ3) is 5.44. The minimum atomic E-state index is 0.393. The van der Waals surface area contributed by atoms with Gasteiger partial charge in [0, 0.05) is 6.04 Å². The summed E-state index contributed by atoms with van der Waals surface area (Å²) in [6, 6.07) is 18.8. The molecule has 110 valence electrons. The van der Waals surface area contributed by atoms with E-state index in [2.05, 4.69) is 55.6 Å². The van der Waals surface area contributed by atoms with Crippen LogP contribution in [0.4, 0.5) is 0 Å². The van der Waals surface area contributed by atoms with Crippen molar-refractivity contribution in [3.05, 3.63) is 71.8 Å². The van der Waals surface area contributed by atoms with Crippen LogP contribution in [0.5, 0.6) is 5.75 Å². The molecule has 2 heteroatoms. The van der Waals surface area contributed by atoms with E-state index in [1.165, 1.54) is 11.1 Å². The average molecular weight is 281 g/mol. The number of likely N-dealkylation sites (N-methyl/N-ethyl adjacent to an activating group) is 1. The SMILES string of the molecule is CCNC(C)/C=C/c1ccc(OCc2ccccc2)cc1. The Morgan fingerprint density at radius 2 is 1.76 bits per heavy atom. The summed E-state index contributed by atoms with van der Waals surface area (Å²) in [6.07, 6.45) is 4.30. The lowest BCUT2D eigenvalue weighted by atomic mass is 10.1. The summed E-state index contributed by atoms with van der Waals surface area (Å²) in [5.74, 6) is 0.899. The Hall–Kier alpha value is -2.06. The number of hydrogen-bond donors (Lipinski definition) is 1. The predicted molar refractivity (Wildman–Crippen MR) is 89.4 cm³/mol. The highest BCUT2D eigenvalue weighted by atomic mass is 16.5. The van der Waals surface area contributed by atoms with E-state index in [9.17, 15) is 0 Å². The summed E-state index contributed by atoms with van der Waals surface area (Å²) < 4.78 is 5.77. The smallest absolute Gasteiger partial charge is 0.119 e. The quantitative estimate of drug-likeness (QED) is 0.818. The Morgan fingerprint density at radius 1 is 1.05 bits per heavy atom. The van der Waals surface area contributed by atoms with Crippen molar-refractivity contribution < 1.29 is 4.74 Å². The molecule has 2 aromatic carbocycles. The summed E-state index contributed by atoms with van der Waals surface area (Å²) in [4.78, 5) is 0. The molecule has 2 rings (SSSR count). The molecule has 0 aromatic heterocycles. The Bertz CT molecular complexity index is 546. The van der Waals surface area contributed by atoms with Crippen LogP contribution in [-0.4, -0.2) is 12.6 Å². The summed E-state index contributed by atoms with van der Waals surface area (Å²) in [7, 11) is 0. The van der Waals surface area contributed by atoms with Crippen molar-refractivity contribution in [1.82, 2.24) is 5.32 Å². The molecular formula is C19H23NO. The second-order valence-electron chi connectivity index (χ2n) is 5.05. The van der Waals surface area contributed by atoms with Crippen molar-refractivity contribution in [2.24, 2.45) is 0 Å². The van der Waals surface area contributed by atoms with Gasteiger partial charge >= 0.3 is 0 Å². The van der Waals surface area contributed by atoms with Crippen LogP contribution in [0.2, 0.25) is 0 Å². The Kier molecular flexibility index (Phi) is 6.04. The monoisotopic (exact) mass is 281 g/mol. The van der Waals surface area contributed by atoms with Gasteiger partial charge in [0.1, 0.15) is 12.4 Å². The van der Waals surface area contributed by atoms with Gasteiger partial charge in [-0.05, 0) is 36.7 Å². The lowest BCUT2D eigenvalue weighted by molar-refractivity contribution is 0.306. The van der Waals surface area contributed by atoms with Crippen LogP contribution in [0.3, 0.4) is 0 Å². The number of rotatable bonds is 7. The maximum Gasteiger partial charge on any atom is 0.119 e. The first-order valence-corrected chi connectivity index (χ1v) is 7.46. The lowest BCUT2D eigenvalue weighted by Crippen LogP contribution is -2.22. The maximum atomic E-state index is 5.77. The van der Waals surface area contributed by atoms with Gasteiger partial charge in [0.2, 0.25) is 0 Å². The van der Waals surface area contributed by atoms with Crippen LogP contribution in [0, 0.1) is 0 Å². The van der Waals surface area contributed by atoms with Gasteiger partial charge in [-0.1, -0.05) is 61.5 Å². The number of benzene rings is 2. The second kappa shape index (κ2) is 8.28. The van der Waals surface area contributed by atoms with Crippen molar-refractivity contribution >= 4 is 6.08 Å². The standard InChI is InChI=1S/C19H23NO/c1-3-20-16(2)9-10-17-11-13-19(14-12-17)21-15-18-7-5-4-6-8-18/h4-14,16,20H,3,15H2,1-2H3/b10-9+. The molecule has 0 saturated heterocycles. The molecule has 2 nitrogen and oxygen atoms in total. The molecule has 0 aliphatic carbocycles. The molecule has 1 atom stereocenters. The topological polar surface area (TPSA) is 21.3 Å². The zero-order chi connectivity index (χ0) is 14.9. The van der Waals surface area contributed by atoms with Gasteiger partial charge < -0.3 is 10.1 Å². The van der Waals surface area contributed by atoms with Crippen molar-refractivity contribution in [2.45, 2.75) is 26.5 Å². The largest absolute Gasteiger partial charge is 0.489 e. The summed E-state index contributed by atoms with van der Waals surface area (Å²) >= 11 is 0. The first kappa shape index (κ1) is 15.3. The molecule has 0 fully saturated rings. The van der Waals surface area contributed by atoms with Crippen molar-refractivity contribution in [3.8, 4) is 5.75 Å². The minimum Gasteiger partial charge on any atom is -0.489 e. The fraction of sp³-hybridized carbons (Fsp3) is 0.263. The Balaban J connectivity index is 1.87. The lowest BCUT2D eigenvalue weighted by Gasteiger charge is -2.07. The van der Waals surface area contributed by atoms with E-state index in [1.807, 2.05) is 30.3 Å². The van der Waals surface area contributed by atoms with E-state index in [1.54, 1.807) is 0 Å². The molecule has 0 saturated carbocycles. The molecule has 2 aromatic rings. The zero-order valence-electron chi connectivity index (χ0n) is 12.8. The van der Waals surface area contributed by atoms with E-state index < -0.39 is 0 Å². The zero-order valence-corrected chi connectivity index (χ0v) is 12.8. The maximum absolute atomic E-state index is 5.77. The first-order chi connectivity index (χ1) is 10.3. The van der Waals surface area contributed by atoms with Gasteiger partial charge in [-0.3, -0.25) is 0 Å². The molecule has 0 radical (unpaired) electrons. The van der Waals surface area contributed by atoms with E-state index in [-0.39, 0.29) is 0 Å². The molecule has 21 heavy (non-hydrogen) atoms. The summed E-state index contributed by atoms with van der Waals surface area (Å²) in [6.45, 7) is 5.85. The second-order valence-corrected chi connectivity index (χ2v) is 5.05. The number of ether oxygens (including phenoxy) is 1. The van der Waals surface area contributed by atoms with E-state index in [4.69, 9.17) is 4.74 Å². The summed E-state index contributed by atoms with van der Waals surface area (Å²) in [5.41, 5.74) is 2.37. The van der Waals surface area contributed by atoms with Gasteiger partial charge in [-0.2, -0.15) is 0 Å². The molecule has 1 N–H and O–H groups in total. The molecule has 0 aliphatic heterocycles. The Labute approximate surface area is 127 Å². The highest BCUT2D eigenvalue weighted by molar-refractivity contribution is 5.51. The van der Waals surface area contributed by atoms with E-state index in [0.29, 0.717) is 12.6 Å². The normalized spacial score (nSPS) is 12.5. The van der Waals surface area contributed by atoms with E-state index >= 15 is 0 Å². The van der Waals surface area contributed by atoms with Crippen LogP contribution >= 0.6 is 0 Å². The predicted octanol–water partition coefficient (Wildman–Crippen LogP) is 4.28. The van der Waals surface area contributed by atoms with Crippen LogP contribution in [0.25, 0.3) is 6.08 Å².